The summed E-state index contributed by atoms with van der Waals surface area (Å²) in [5.41, 5.74) is 1.82. The van der Waals surface area contributed by atoms with E-state index in [4.69, 9.17) is 14.2 Å². The molecule has 0 spiro atoms. The largest absolute Gasteiger partial charge is 0.461 e. The Morgan fingerprint density at radius 2 is 1.18 bits per heavy atom. The Balaban J connectivity index is 3.46. The van der Waals surface area contributed by atoms with E-state index in [1.807, 2.05) is 33.0 Å². The average molecular weight is 478 g/mol. The van der Waals surface area contributed by atoms with Crippen LogP contribution in [0, 0.1) is 16.7 Å². The molecule has 0 radical (unpaired) electrons. The zero-order valence-corrected chi connectivity index (χ0v) is 22.8. The highest BCUT2D eigenvalue weighted by Crippen LogP contribution is 2.31. The minimum Gasteiger partial charge on any atom is -0.461 e. The number of benzene rings is 1. The Labute approximate surface area is 205 Å². The predicted molar refractivity (Wildman–Crippen MR) is 133 cm³/mol. The highest BCUT2D eigenvalue weighted by Gasteiger charge is 2.26. The summed E-state index contributed by atoms with van der Waals surface area (Å²) in [5, 5.41) is 0. The normalized spacial score (nSPS) is 12.0. The molecule has 1 rings (SSSR count). The number of hydrogen-bond acceptors (Lipinski definition) is 7. The van der Waals surface area contributed by atoms with Gasteiger partial charge in [-0.25, -0.2) is 0 Å². The van der Waals surface area contributed by atoms with Crippen LogP contribution in [0.25, 0.3) is 0 Å². The van der Waals surface area contributed by atoms with Gasteiger partial charge in [0.25, 0.3) is 0 Å². The van der Waals surface area contributed by atoms with Crippen molar-refractivity contribution in [2.45, 2.75) is 95.1 Å². The summed E-state index contributed by atoms with van der Waals surface area (Å²) in [6.07, 6.45) is 0. The smallest absolute Gasteiger partial charge is 0.311 e. The molecule has 0 fully saturated rings. The van der Waals surface area contributed by atoms with Crippen LogP contribution in [-0.4, -0.2) is 31.0 Å². The van der Waals surface area contributed by atoms with Crippen molar-refractivity contribution in [3.8, 4) is 0 Å². The van der Waals surface area contributed by atoms with E-state index in [2.05, 4.69) is 4.90 Å². The first kappa shape index (κ1) is 29.5. The number of rotatable bonds is 9. The first-order valence-corrected chi connectivity index (χ1v) is 11.8. The van der Waals surface area contributed by atoms with Crippen molar-refractivity contribution >= 4 is 23.6 Å². The molecule has 0 atom stereocenters. The maximum atomic E-state index is 12.5. The first-order valence-electron chi connectivity index (χ1n) is 11.8. The fourth-order valence-corrected chi connectivity index (χ4v) is 2.89. The number of esters is 3. The van der Waals surface area contributed by atoms with Gasteiger partial charge in [-0.1, -0.05) is 13.8 Å². The summed E-state index contributed by atoms with van der Waals surface area (Å²) >= 11 is 0. The van der Waals surface area contributed by atoms with E-state index in [9.17, 15) is 14.4 Å². The maximum Gasteiger partial charge on any atom is 0.311 e. The summed E-state index contributed by atoms with van der Waals surface area (Å²) < 4.78 is 16.7. The molecule has 1 aromatic rings. The van der Waals surface area contributed by atoms with E-state index in [1.54, 1.807) is 55.4 Å². The predicted octanol–water partition coefficient (Wildman–Crippen LogP) is 5.41. The van der Waals surface area contributed by atoms with Crippen LogP contribution in [0.5, 0.6) is 0 Å². The van der Waals surface area contributed by atoms with Gasteiger partial charge in [-0.3, -0.25) is 14.4 Å². The minimum atomic E-state index is -0.639. The molecule has 0 N–H and O–H groups in total. The van der Waals surface area contributed by atoms with Crippen LogP contribution in [0.4, 0.5) is 5.69 Å². The van der Waals surface area contributed by atoms with Gasteiger partial charge >= 0.3 is 17.9 Å². The molecule has 7 heteroatoms. The lowest BCUT2D eigenvalue weighted by molar-refractivity contribution is -0.154. The topological polar surface area (TPSA) is 82.1 Å². The van der Waals surface area contributed by atoms with E-state index in [0.29, 0.717) is 0 Å². The highest BCUT2D eigenvalue weighted by molar-refractivity contribution is 5.76. The van der Waals surface area contributed by atoms with E-state index < -0.39 is 10.8 Å². The van der Waals surface area contributed by atoms with Crippen LogP contribution in [0.2, 0.25) is 0 Å². The van der Waals surface area contributed by atoms with Crippen molar-refractivity contribution in [3.63, 3.8) is 0 Å². The van der Waals surface area contributed by atoms with Crippen molar-refractivity contribution < 1.29 is 28.6 Å². The van der Waals surface area contributed by atoms with Gasteiger partial charge < -0.3 is 19.1 Å². The van der Waals surface area contributed by atoms with Crippen molar-refractivity contribution in [2.75, 3.05) is 11.9 Å². The molecule has 0 saturated heterocycles. The molecule has 192 valence electrons. The van der Waals surface area contributed by atoms with E-state index in [-0.39, 0.29) is 49.7 Å². The van der Waals surface area contributed by atoms with Crippen molar-refractivity contribution in [1.29, 1.82) is 0 Å². The fourth-order valence-electron chi connectivity index (χ4n) is 2.89. The summed E-state index contributed by atoms with van der Waals surface area (Å²) in [7, 11) is 1.95. The molecule has 7 nitrogen and oxygen atoms in total. The Morgan fingerprint density at radius 3 is 1.56 bits per heavy atom. The number of anilines is 1. The minimum absolute atomic E-state index is 0.0503. The average Bonchev–Trinajstić information content (AvgIpc) is 2.71. The third kappa shape index (κ3) is 8.65. The van der Waals surface area contributed by atoms with Gasteiger partial charge in [-0.2, -0.15) is 0 Å². The number of nitrogens with zero attached hydrogens (tertiary/aromatic N) is 1. The SMILES string of the molecule is CC(C)C(=O)OCc1cc(COC(=O)C(C)(C)C)cc(COC(=O)C(C)(C)C)c1N(C)C(C)C. The van der Waals surface area contributed by atoms with Crippen LogP contribution in [0.15, 0.2) is 12.1 Å². The monoisotopic (exact) mass is 477 g/mol. The molecule has 0 bridgehead atoms. The molecule has 0 aromatic heterocycles. The molecule has 34 heavy (non-hydrogen) atoms. The molecule has 0 aliphatic carbocycles. The van der Waals surface area contributed by atoms with Gasteiger partial charge in [0.15, 0.2) is 0 Å². The number of carbonyl (C=O) groups is 3. The Bertz CT molecular complexity index is 874. The summed E-state index contributed by atoms with van der Waals surface area (Å²) in [4.78, 5) is 39.0. The van der Waals surface area contributed by atoms with Crippen LogP contribution in [-0.2, 0) is 48.4 Å². The second kappa shape index (κ2) is 11.7. The van der Waals surface area contributed by atoms with E-state index in [1.165, 1.54) is 0 Å². The van der Waals surface area contributed by atoms with Crippen LogP contribution >= 0.6 is 0 Å². The number of hydrogen-bond donors (Lipinski definition) is 0. The second-order valence-electron chi connectivity index (χ2n) is 11.4. The van der Waals surface area contributed by atoms with Crippen LogP contribution < -0.4 is 4.90 Å². The number of ether oxygens (including phenoxy) is 3. The van der Waals surface area contributed by atoms with Crippen molar-refractivity contribution in [2.24, 2.45) is 16.7 Å². The molecule has 0 saturated carbocycles. The van der Waals surface area contributed by atoms with Crippen LogP contribution in [0.3, 0.4) is 0 Å². The molecule has 0 unspecified atom stereocenters. The quantitative estimate of drug-likeness (QED) is 0.347. The van der Waals surface area contributed by atoms with Gasteiger partial charge in [0.1, 0.15) is 19.8 Å². The molecule has 0 aliphatic heterocycles. The lowest BCUT2D eigenvalue weighted by Gasteiger charge is -2.30. The highest BCUT2D eigenvalue weighted by atomic mass is 16.5. The summed E-state index contributed by atoms with van der Waals surface area (Å²) in [5.74, 6) is -1.19. The molecular weight excluding hydrogens is 434 g/mol. The molecule has 0 aliphatic rings. The van der Waals surface area contributed by atoms with E-state index in [0.717, 1.165) is 22.4 Å². The van der Waals surface area contributed by atoms with Crippen molar-refractivity contribution in [1.82, 2.24) is 0 Å². The second-order valence-corrected chi connectivity index (χ2v) is 11.4. The van der Waals surface area contributed by atoms with Gasteiger partial charge in [0.05, 0.1) is 16.7 Å². The standard InChI is InChI=1S/C27H43NO6/c1-17(2)23(29)32-15-20-12-19(14-33-24(30)26(5,6)7)13-21(22(20)28(11)18(3)4)16-34-25(31)27(8,9)10/h12-13,17-18H,14-16H2,1-11H3. The lowest BCUT2D eigenvalue weighted by atomic mass is 9.97. The molecular formula is C27H43NO6. The lowest BCUT2D eigenvalue weighted by Crippen LogP contribution is -2.29. The summed E-state index contributed by atoms with van der Waals surface area (Å²) in [6, 6.07) is 3.90. The van der Waals surface area contributed by atoms with Gasteiger partial charge in [-0.05, 0) is 73.1 Å². The van der Waals surface area contributed by atoms with Gasteiger partial charge in [0, 0.05) is 29.9 Å². The van der Waals surface area contributed by atoms with Crippen LogP contribution in [0.1, 0.15) is 85.9 Å². The van der Waals surface area contributed by atoms with Gasteiger partial charge in [-0.15, -0.1) is 0 Å². The molecule has 0 amide bonds. The Hall–Kier alpha value is -2.57. The van der Waals surface area contributed by atoms with Gasteiger partial charge in [0.2, 0.25) is 0 Å². The maximum absolute atomic E-state index is 12.5. The zero-order valence-electron chi connectivity index (χ0n) is 22.8. The Morgan fingerprint density at radius 1 is 0.765 bits per heavy atom. The number of carbonyl (C=O) groups excluding carboxylic acids is 3. The summed E-state index contributed by atoms with van der Waals surface area (Å²) in [6.45, 7) is 18.6. The first-order chi connectivity index (χ1) is 15.4. The molecule has 0 heterocycles. The zero-order chi connectivity index (χ0) is 26.4. The Kier molecular flexibility index (Phi) is 10.2. The fraction of sp³-hybridized carbons (Fsp3) is 0.667. The molecule has 1 aromatic carbocycles. The van der Waals surface area contributed by atoms with E-state index >= 15 is 0 Å². The third-order valence-electron chi connectivity index (χ3n) is 5.25. The third-order valence-corrected chi connectivity index (χ3v) is 5.25. The van der Waals surface area contributed by atoms with Crippen molar-refractivity contribution in [3.05, 3.63) is 28.8 Å².